The van der Waals surface area contributed by atoms with Crippen LogP contribution in [0, 0.1) is 20.8 Å². The Kier molecular flexibility index (Phi) is 5.05. The Morgan fingerprint density at radius 1 is 1.38 bits per heavy atom. The number of carbonyl (C=O) groups excluding carboxylic acids is 1. The quantitative estimate of drug-likeness (QED) is 0.682. The van der Waals surface area contributed by atoms with Crippen LogP contribution in [0.15, 0.2) is 28.7 Å². The van der Waals surface area contributed by atoms with Crippen molar-refractivity contribution in [1.82, 2.24) is 10.4 Å². The molecule has 0 spiro atoms. The first-order valence-electron chi connectivity index (χ1n) is 6.48. The van der Waals surface area contributed by atoms with E-state index in [1.807, 2.05) is 44.4 Å². The van der Waals surface area contributed by atoms with Gasteiger partial charge in [-0.2, -0.15) is 5.10 Å². The fraction of sp³-hybridized carbons (Fsp3) is 0.267. The number of thiazole rings is 1. The van der Waals surface area contributed by atoms with Gasteiger partial charge in [0, 0.05) is 5.38 Å². The molecule has 5 nitrogen and oxygen atoms in total. The number of aromatic nitrogens is 1. The van der Waals surface area contributed by atoms with Crippen LogP contribution in [0.1, 0.15) is 21.8 Å². The van der Waals surface area contributed by atoms with Crippen molar-refractivity contribution in [3.63, 3.8) is 0 Å². The number of ether oxygens (including phenoxy) is 1. The van der Waals surface area contributed by atoms with Gasteiger partial charge in [-0.05, 0) is 44.0 Å². The van der Waals surface area contributed by atoms with E-state index >= 15 is 0 Å². The summed E-state index contributed by atoms with van der Waals surface area (Å²) >= 11 is 1.53. The molecule has 0 atom stereocenters. The molecule has 0 saturated carbocycles. The Balaban J connectivity index is 1.79. The second-order valence-electron chi connectivity index (χ2n) is 4.62. The van der Waals surface area contributed by atoms with Crippen molar-refractivity contribution in [1.29, 1.82) is 0 Å². The number of hydrazone groups is 1. The second-order valence-corrected chi connectivity index (χ2v) is 5.68. The summed E-state index contributed by atoms with van der Waals surface area (Å²) in [4.78, 5) is 15.8. The highest BCUT2D eigenvalue weighted by Gasteiger charge is 2.02. The van der Waals surface area contributed by atoms with E-state index in [1.54, 1.807) is 0 Å². The lowest BCUT2D eigenvalue weighted by molar-refractivity contribution is -0.123. The predicted molar refractivity (Wildman–Crippen MR) is 84.0 cm³/mol. The number of benzene rings is 1. The Bertz CT molecular complexity index is 665. The molecule has 1 aromatic heterocycles. The van der Waals surface area contributed by atoms with Crippen molar-refractivity contribution in [3.8, 4) is 5.75 Å². The normalized spacial score (nSPS) is 10.8. The largest absolute Gasteiger partial charge is 0.484 e. The van der Waals surface area contributed by atoms with Crippen molar-refractivity contribution in [2.24, 2.45) is 5.10 Å². The number of amides is 1. The van der Waals surface area contributed by atoms with Crippen LogP contribution < -0.4 is 10.2 Å². The van der Waals surface area contributed by atoms with E-state index in [9.17, 15) is 4.79 Å². The molecular formula is C15H17N3O2S. The summed E-state index contributed by atoms with van der Waals surface area (Å²) in [6, 6.07) is 5.71. The molecule has 6 heteroatoms. The minimum atomic E-state index is -0.309. The van der Waals surface area contributed by atoms with Gasteiger partial charge in [0.1, 0.15) is 5.75 Å². The summed E-state index contributed by atoms with van der Waals surface area (Å²) in [5.41, 5.74) is 5.46. The molecule has 0 radical (unpaired) electrons. The van der Waals surface area contributed by atoms with Gasteiger partial charge in [0.2, 0.25) is 0 Å². The first-order chi connectivity index (χ1) is 10.0. The van der Waals surface area contributed by atoms with Crippen molar-refractivity contribution in [2.75, 3.05) is 6.61 Å². The van der Waals surface area contributed by atoms with Gasteiger partial charge >= 0.3 is 0 Å². The lowest BCUT2D eigenvalue weighted by Gasteiger charge is -2.07. The molecule has 110 valence electrons. The van der Waals surface area contributed by atoms with Gasteiger partial charge in [-0.15, -0.1) is 11.3 Å². The van der Waals surface area contributed by atoms with Crippen LogP contribution in [0.3, 0.4) is 0 Å². The summed E-state index contributed by atoms with van der Waals surface area (Å²) in [5.74, 6) is 0.365. The first kappa shape index (κ1) is 15.2. The molecule has 2 aromatic rings. The molecule has 0 aliphatic carbocycles. The maximum atomic E-state index is 11.6. The zero-order chi connectivity index (χ0) is 15.2. The fourth-order valence-electron chi connectivity index (χ4n) is 1.59. The summed E-state index contributed by atoms with van der Waals surface area (Å²) in [5, 5.41) is 6.67. The minimum absolute atomic E-state index is 0.0735. The van der Waals surface area contributed by atoms with Crippen molar-refractivity contribution < 1.29 is 9.53 Å². The Labute approximate surface area is 127 Å². The Morgan fingerprint density at radius 3 is 2.86 bits per heavy atom. The SMILES string of the molecule is Cc1nc(/C=N\NC(=O)COc2ccc(C)c(C)c2)cs1. The summed E-state index contributed by atoms with van der Waals surface area (Å²) in [7, 11) is 0. The van der Waals surface area contributed by atoms with Crippen LogP contribution in [-0.4, -0.2) is 23.7 Å². The third-order valence-corrected chi connectivity index (χ3v) is 3.66. The maximum absolute atomic E-state index is 11.6. The summed E-state index contributed by atoms with van der Waals surface area (Å²) in [6.45, 7) is 5.87. The lowest BCUT2D eigenvalue weighted by atomic mass is 10.1. The van der Waals surface area contributed by atoms with Gasteiger partial charge in [0.05, 0.1) is 16.9 Å². The minimum Gasteiger partial charge on any atom is -0.484 e. The van der Waals surface area contributed by atoms with E-state index in [-0.39, 0.29) is 12.5 Å². The van der Waals surface area contributed by atoms with Crippen LogP contribution in [-0.2, 0) is 4.79 Å². The van der Waals surface area contributed by atoms with Gasteiger partial charge in [-0.25, -0.2) is 10.4 Å². The van der Waals surface area contributed by atoms with Crippen LogP contribution in [0.4, 0.5) is 0 Å². The monoisotopic (exact) mass is 303 g/mol. The van der Waals surface area contributed by atoms with Crippen LogP contribution in [0.5, 0.6) is 5.75 Å². The summed E-state index contributed by atoms with van der Waals surface area (Å²) < 4.78 is 5.41. The highest BCUT2D eigenvalue weighted by molar-refractivity contribution is 7.09. The molecule has 0 bridgehead atoms. The molecule has 0 saturated heterocycles. The van der Waals surface area contributed by atoms with Crippen LogP contribution in [0.2, 0.25) is 0 Å². The van der Waals surface area contributed by atoms with Crippen molar-refractivity contribution in [2.45, 2.75) is 20.8 Å². The van der Waals surface area contributed by atoms with E-state index in [1.165, 1.54) is 23.1 Å². The number of carbonyl (C=O) groups is 1. The predicted octanol–water partition coefficient (Wildman–Crippen LogP) is 2.60. The van der Waals surface area contributed by atoms with Gasteiger partial charge < -0.3 is 4.74 Å². The highest BCUT2D eigenvalue weighted by atomic mass is 32.1. The molecule has 0 fully saturated rings. The molecule has 0 aliphatic rings. The number of hydrogen-bond acceptors (Lipinski definition) is 5. The second kappa shape index (κ2) is 6.99. The number of aryl methyl sites for hydroxylation is 3. The van der Waals surface area contributed by atoms with Crippen LogP contribution in [0.25, 0.3) is 0 Å². The van der Waals surface area contributed by atoms with E-state index in [4.69, 9.17) is 4.74 Å². The van der Waals surface area contributed by atoms with Crippen molar-refractivity contribution >= 4 is 23.5 Å². The van der Waals surface area contributed by atoms with Gasteiger partial charge in [0.15, 0.2) is 6.61 Å². The molecule has 1 N–H and O–H groups in total. The smallest absolute Gasteiger partial charge is 0.277 e. The first-order valence-corrected chi connectivity index (χ1v) is 7.36. The zero-order valence-corrected chi connectivity index (χ0v) is 13.0. The maximum Gasteiger partial charge on any atom is 0.277 e. The standard InChI is InChI=1S/C15H17N3O2S/c1-10-4-5-14(6-11(10)2)20-8-15(19)18-16-7-13-9-21-12(3)17-13/h4-7,9H,8H2,1-3H3,(H,18,19)/b16-7-. The Hall–Kier alpha value is -2.21. The number of hydrogen-bond donors (Lipinski definition) is 1. The molecule has 0 aliphatic heterocycles. The average molecular weight is 303 g/mol. The van der Waals surface area contributed by atoms with Crippen molar-refractivity contribution in [3.05, 3.63) is 45.4 Å². The lowest BCUT2D eigenvalue weighted by Crippen LogP contribution is -2.24. The van der Waals surface area contributed by atoms with E-state index in [2.05, 4.69) is 15.5 Å². The number of nitrogens with zero attached hydrogens (tertiary/aromatic N) is 2. The average Bonchev–Trinajstić information content (AvgIpc) is 2.86. The third-order valence-electron chi connectivity index (χ3n) is 2.87. The molecule has 1 heterocycles. The fourth-order valence-corrected chi connectivity index (χ4v) is 2.16. The molecule has 21 heavy (non-hydrogen) atoms. The molecule has 2 rings (SSSR count). The highest BCUT2D eigenvalue weighted by Crippen LogP contribution is 2.16. The van der Waals surface area contributed by atoms with Gasteiger partial charge in [-0.1, -0.05) is 6.07 Å². The van der Waals surface area contributed by atoms with Crippen LogP contribution >= 0.6 is 11.3 Å². The van der Waals surface area contributed by atoms with Gasteiger partial charge in [-0.3, -0.25) is 4.79 Å². The number of rotatable bonds is 5. The van der Waals surface area contributed by atoms with E-state index in [0.29, 0.717) is 5.75 Å². The van der Waals surface area contributed by atoms with E-state index < -0.39 is 0 Å². The Morgan fingerprint density at radius 2 is 2.19 bits per heavy atom. The van der Waals surface area contributed by atoms with Gasteiger partial charge in [0.25, 0.3) is 5.91 Å². The topological polar surface area (TPSA) is 63.6 Å². The number of nitrogens with one attached hydrogen (secondary N) is 1. The third kappa shape index (κ3) is 4.68. The summed E-state index contributed by atoms with van der Waals surface area (Å²) in [6.07, 6.45) is 1.51. The molecule has 0 unspecified atom stereocenters. The van der Waals surface area contributed by atoms with E-state index in [0.717, 1.165) is 16.3 Å². The molecule has 1 amide bonds. The molecular weight excluding hydrogens is 286 g/mol. The zero-order valence-electron chi connectivity index (χ0n) is 12.2. The molecule has 1 aromatic carbocycles.